The van der Waals surface area contributed by atoms with Gasteiger partial charge in [0, 0.05) is 18.1 Å². The molecule has 0 fully saturated rings. The summed E-state index contributed by atoms with van der Waals surface area (Å²) in [5.74, 6) is 0. The zero-order valence-electron chi connectivity index (χ0n) is 11.6. The molecule has 3 rings (SSSR count). The van der Waals surface area contributed by atoms with Gasteiger partial charge in [0.05, 0.1) is 5.52 Å². The Morgan fingerprint density at radius 2 is 1.75 bits per heavy atom. The lowest BCUT2D eigenvalue weighted by atomic mass is 10.0. The number of hydrogen-bond acceptors (Lipinski definition) is 2. The maximum atomic E-state index is 4.42. The fourth-order valence-electron chi connectivity index (χ4n) is 2.33. The first-order valence-corrected chi connectivity index (χ1v) is 7.01. The van der Waals surface area contributed by atoms with Gasteiger partial charge in [-0.15, -0.1) is 0 Å². The molecule has 2 nitrogen and oxygen atoms in total. The zero-order chi connectivity index (χ0) is 13.8. The van der Waals surface area contributed by atoms with Crippen molar-refractivity contribution < 1.29 is 0 Å². The van der Waals surface area contributed by atoms with Gasteiger partial charge in [-0.25, -0.2) is 0 Å². The Hall–Kier alpha value is -2.19. The first kappa shape index (κ1) is 12.8. The van der Waals surface area contributed by atoms with Crippen molar-refractivity contribution in [2.75, 3.05) is 6.54 Å². The summed E-state index contributed by atoms with van der Waals surface area (Å²) >= 11 is 0. The van der Waals surface area contributed by atoms with E-state index in [-0.39, 0.29) is 0 Å². The van der Waals surface area contributed by atoms with Crippen LogP contribution in [0.15, 0.2) is 60.8 Å². The van der Waals surface area contributed by atoms with Gasteiger partial charge in [-0.3, -0.25) is 4.98 Å². The van der Waals surface area contributed by atoms with Crippen LogP contribution in [0.5, 0.6) is 0 Å². The Morgan fingerprint density at radius 1 is 0.950 bits per heavy atom. The van der Waals surface area contributed by atoms with Crippen LogP contribution in [-0.4, -0.2) is 11.5 Å². The van der Waals surface area contributed by atoms with Gasteiger partial charge in [0.25, 0.3) is 0 Å². The molecule has 3 aromatic rings. The summed E-state index contributed by atoms with van der Waals surface area (Å²) < 4.78 is 0. The maximum absolute atomic E-state index is 4.42. The first-order valence-electron chi connectivity index (χ1n) is 7.01. The third-order valence-electron chi connectivity index (χ3n) is 3.47. The summed E-state index contributed by atoms with van der Waals surface area (Å²) in [5, 5.41) is 4.52. The molecule has 0 saturated heterocycles. The van der Waals surface area contributed by atoms with Crippen LogP contribution in [0.3, 0.4) is 0 Å². The van der Waals surface area contributed by atoms with Crippen molar-refractivity contribution in [2.45, 2.75) is 13.5 Å². The summed E-state index contributed by atoms with van der Waals surface area (Å²) in [6.07, 6.45) is 1.84. The Balaban J connectivity index is 1.90. The van der Waals surface area contributed by atoms with Crippen molar-refractivity contribution in [3.05, 3.63) is 66.4 Å². The number of nitrogens with one attached hydrogen (secondary N) is 1. The molecule has 20 heavy (non-hydrogen) atoms. The van der Waals surface area contributed by atoms with E-state index < -0.39 is 0 Å². The van der Waals surface area contributed by atoms with Crippen molar-refractivity contribution in [2.24, 2.45) is 0 Å². The van der Waals surface area contributed by atoms with Gasteiger partial charge < -0.3 is 5.32 Å². The van der Waals surface area contributed by atoms with Gasteiger partial charge in [0.2, 0.25) is 0 Å². The summed E-state index contributed by atoms with van der Waals surface area (Å²) in [6, 6.07) is 19.2. The van der Waals surface area contributed by atoms with Gasteiger partial charge in [-0.2, -0.15) is 0 Å². The summed E-state index contributed by atoms with van der Waals surface area (Å²) in [4.78, 5) is 4.42. The van der Waals surface area contributed by atoms with Crippen molar-refractivity contribution in [3.63, 3.8) is 0 Å². The zero-order valence-corrected chi connectivity index (χ0v) is 11.6. The van der Waals surface area contributed by atoms with Crippen LogP contribution in [0.2, 0.25) is 0 Å². The van der Waals surface area contributed by atoms with E-state index in [1.54, 1.807) is 0 Å². The van der Waals surface area contributed by atoms with E-state index in [0.29, 0.717) is 0 Å². The standard InChI is InChI=1S/C18H18N2/c1-2-19-13-14-5-7-15(8-6-14)17-10-9-16-4-3-11-20-18(16)12-17/h3-12,19H,2,13H2,1H3. The van der Waals surface area contributed by atoms with E-state index >= 15 is 0 Å². The topological polar surface area (TPSA) is 24.9 Å². The Bertz CT molecular complexity index is 702. The quantitative estimate of drug-likeness (QED) is 0.768. The van der Waals surface area contributed by atoms with E-state index in [4.69, 9.17) is 0 Å². The molecule has 0 aliphatic rings. The fourth-order valence-corrected chi connectivity index (χ4v) is 2.33. The van der Waals surface area contributed by atoms with Crippen LogP contribution >= 0.6 is 0 Å². The minimum atomic E-state index is 0.927. The van der Waals surface area contributed by atoms with Crippen molar-refractivity contribution in [3.8, 4) is 11.1 Å². The van der Waals surface area contributed by atoms with E-state index in [1.165, 1.54) is 22.1 Å². The van der Waals surface area contributed by atoms with Gasteiger partial charge in [0.1, 0.15) is 0 Å². The summed E-state index contributed by atoms with van der Waals surface area (Å²) in [6.45, 7) is 4.05. The molecule has 1 aromatic heterocycles. The fraction of sp³-hybridized carbons (Fsp3) is 0.167. The molecular weight excluding hydrogens is 244 g/mol. The SMILES string of the molecule is CCNCc1ccc(-c2ccc3cccnc3c2)cc1. The van der Waals surface area contributed by atoms with Gasteiger partial charge in [-0.05, 0) is 35.4 Å². The molecule has 0 saturated carbocycles. The smallest absolute Gasteiger partial charge is 0.0708 e. The van der Waals surface area contributed by atoms with Crippen LogP contribution < -0.4 is 5.32 Å². The number of fused-ring (bicyclic) bond motifs is 1. The highest BCUT2D eigenvalue weighted by atomic mass is 14.8. The molecule has 2 aromatic carbocycles. The van der Waals surface area contributed by atoms with Crippen molar-refractivity contribution in [1.29, 1.82) is 0 Å². The summed E-state index contributed by atoms with van der Waals surface area (Å²) in [7, 11) is 0. The second-order valence-electron chi connectivity index (χ2n) is 4.89. The maximum Gasteiger partial charge on any atom is 0.0708 e. The number of pyridine rings is 1. The highest BCUT2D eigenvalue weighted by molar-refractivity contribution is 5.84. The molecule has 0 atom stereocenters. The Kier molecular flexibility index (Phi) is 3.75. The van der Waals surface area contributed by atoms with Gasteiger partial charge >= 0.3 is 0 Å². The molecule has 0 unspecified atom stereocenters. The van der Waals surface area contributed by atoms with Crippen molar-refractivity contribution in [1.82, 2.24) is 10.3 Å². The predicted octanol–water partition coefficient (Wildman–Crippen LogP) is 4.01. The number of aromatic nitrogens is 1. The second kappa shape index (κ2) is 5.85. The number of rotatable bonds is 4. The van der Waals surface area contributed by atoms with E-state index in [2.05, 4.69) is 65.8 Å². The Morgan fingerprint density at radius 3 is 2.55 bits per heavy atom. The molecular formula is C18H18N2. The minimum Gasteiger partial charge on any atom is -0.313 e. The van der Waals surface area contributed by atoms with Crippen LogP contribution in [-0.2, 0) is 6.54 Å². The molecule has 2 heteroatoms. The molecule has 0 aliphatic heterocycles. The number of hydrogen-bond donors (Lipinski definition) is 1. The summed E-state index contributed by atoms with van der Waals surface area (Å²) in [5.41, 5.74) is 4.81. The molecule has 0 bridgehead atoms. The third kappa shape index (κ3) is 2.70. The van der Waals surface area contributed by atoms with Crippen molar-refractivity contribution >= 4 is 10.9 Å². The van der Waals surface area contributed by atoms with E-state index in [0.717, 1.165) is 18.6 Å². The predicted molar refractivity (Wildman–Crippen MR) is 84.6 cm³/mol. The monoisotopic (exact) mass is 262 g/mol. The highest BCUT2D eigenvalue weighted by Crippen LogP contribution is 2.23. The minimum absolute atomic E-state index is 0.927. The molecule has 1 heterocycles. The first-order chi connectivity index (χ1) is 9.86. The van der Waals surface area contributed by atoms with Crippen LogP contribution in [0, 0.1) is 0 Å². The number of nitrogens with zero attached hydrogens (tertiary/aromatic N) is 1. The average molecular weight is 262 g/mol. The number of benzene rings is 2. The lowest BCUT2D eigenvalue weighted by Crippen LogP contribution is -2.11. The average Bonchev–Trinajstić information content (AvgIpc) is 2.53. The molecule has 0 radical (unpaired) electrons. The Labute approximate surface area is 119 Å². The normalized spacial score (nSPS) is 10.8. The molecule has 1 N–H and O–H groups in total. The van der Waals surface area contributed by atoms with Gasteiger partial charge in [-0.1, -0.05) is 49.4 Å². The molecule has 0 aliphatic carbocycles. The third-order valence-corrected chi connectivity index (χ3v) is 3.47. The van der Waals surface area contributed by atoms with Gasteiger partial charge in [0.15, 0.2) is 0 Å². The van der Waals surface area contributed by atoms with Crippen LogP contribution in [0.4, 0.5) is 0 Å². The molecule has 100 valence electrons. The molecule has 0 spiro atoms. The van der Waals surface area contributed by atoms with Crippen LogP contribution in [0.1, 0.15) is 12.5 Å². The van der Waals surface area contributed by atoms with E-state index in [9.17, 15) is 0 Å². The van der Waals surface area contributed by atoms with E-state index in [1.807, 2.05) is 12.3 Å². The lowest BCUT2D eigenvalue weighted by molar-refractivity contribution is 0.727. The lowest BCUT2D eigenvalue weighted by Gasteiger charge is -2.06. The van der Waals surface area contributed by atoms with Crippen LogP contribution in [0.25, 0.3) is 22.0 Å². The molecule has 0 amide bonds. The highest BCUT2D eigenvalue weighted by Gasteiger charge is 2.00. The second-order valence-corrected chi connectivity index (χ2v) is 4.89. The largest absolute Gasteiger partial charge is 0.313 e.